The molecule has 0 saturated heterocycles. The van der Waals surface area contributed by atoms with Gasteiger partial charge in [0.05, 0.1) is 11.0 Å². The molecule has 3 heteroatoms. The molecule has 154 valence electrons. The summed E-state index contributed by atoms with van der Waals surface area (Å²) in [6.07, 6.45) is 0. The van der Waals surface area contributed by atoms with E-state index in [0.29, 0.717) is 0 Å². The predicted molar refractivity (Wildman–Crippen MR) is 137 cm³/mol. The number of hydrogen-bond acceptors (Lipinski definition) is 1. The fourth-order valence-electron chi connectivity index (χ4n) is 5.60. The number of benzene rings is 5. The van der Waals surface area contributed by atoms with E-state index in [0.717, 1.165) is 27.9 Å². The first-order valence-corrected chi connectivity index (χ1v) is 11.2. The standard InChI is InChI=1S/C30H18N2O/c1-2-8-18(9-3-1)32-23-13-7-5-11-20(23)28-24(32)15-17-26-30(28)29-25(33-26)16-14-22-27(29)19-10-4-6-12-21(19)31-22/h1-17,31H. The highest BCUT2D eigenvalue weighted by atomic mass is 16.3. The molecule has 0 bridgehead atoms. The van der Waals surface area contributed by atoms with Gasteiger partial charge >= 0.3 is 0 Å². The minimum Gasteiger partial charge on any atom is -0.456 e. The van der Waals surface area contributed by atoms with E-state index in [1.54, 1.807) is 0 Å². The Kier molecular flexibility index (Phi) is 3.14. The highest BCUT2D eigenvalue weighted by Crippen LogP contribution is 2.44. The first kappa shape index (κ1) is 17.1. The van der Waals surface area contributed by atoms with E-state index in [4.69, 9.17) is 4.42 Å². The number of nitrogens with one attached hydrogen (secondary N) is 1. The quantitative estimate of drug-likeness (QED) is 0.283. The lowest BCUT2D eigenvalue weighted by molar-refractivity contribution is 0.669. The zero-order valence-electron chi connectivity index (χ0n) is 17.7. The molecule has 1 N–H and O–H groups in total. The van der Waals surface area contributed by atoms with Crippen molar-refractivity contribution in [3.05, 3.63) is 103 Å². The number of hydrogen-bond donors (Lipinski definition) is 1. The van der Waals surface area contributed by atoms with E-state index in [-0.39, 0.29) is 0 Å². The number of H-pyrrole nitrogens is 1. The van der Waals surface area contributed by atoms with E-state index in [1.807, 2.05) is 0 Å². The third-order valence-electron chi connectivity index (χ3n) is 6.92. The third kappa shape index (κ3) is 2.14. The molecule has 0 atom stereocenters. The molecule has 0 fully saturated rings. The van der Waals surface area contributed by atoms with Crippen LogP contribution in [0.2, 0.25) is 0 Å². The molecule has 0 aliphatic heterocycles. The molecule has 3 nitrogen and oxygen atoms in total. The van der Waals surface area contributed by atoms with Gasteiger partial charge in [0.1, 0.15) is 11.2 Å². The molecule has 0 radical (unpaired) electrons. The summed E-state index contributed by atoms with van der Waals surface area (Å²) < 4.78 is 8.79. The van der Waals surface area contributed by atoms with Crippen molar-refractivity contribution in [1.29, 1.82) is 0 Å². The van der Waals surface area contributed by atoms with Gasteiger partial charge in [-0.25, -0.2) is 0 Å². The summed E-state index contributed by atoms with van der Waals surface area (Å²) in [4.78, 5) is 3.59. The number of rotatable bonds is 1. The second kappa shape index (κ2) is 6.05. The highest BCUT2D eigenvalue weighted by Gasteiger charge is 2.20. The lowest BCUT2D eigenvalue weighted by Crippen LogP contribution is -1.92. The van der Waals surface area contributed by atoms with Crippen molar-refractivity contribution in [2.45, 2.75) is 0 Å². The third-order valence-corrected chi connectivity index (χ3v) is 6.92. The molecule has 0 aliphatic carbocycles. The Morgan fingerprint density at radius 1 is 0.485 bits per heavy atom. The van der Waals surface area contributed by atoms with Crippen LogP contribution >= 0.6 is 0 Å². The summed E-state index contributed by atoms with van der Waals surface area (Å²) in [5.41, 5.74) is 7.68. The summed E-state index contributed by atoms with van der Waals surface area (Å²) in [7, 11) is 0. The Morgan fingerprint density at radius 3 is 2.06 bits per heavy atom. The summed E-state index contributed by atoms with van der Waals surface area (Å²) in [5, 5.41) is 7.30. The molecule has 8 rings (SSSR count). The molecule has 0 saturated carbocycles. The number of fused-ring (bicyclic) bond motifs is 11. The van der Waals surface area contributed by atoms with Crippen LogP contribution in [0.1, 0.15) is 0 Å². The number of aromatic nitrogens is 2. The van der Waals surface area contributed by atoms with Crippen molar-refractivity contribution in [3.8, 4) is 5.69 Å². The van der Waals surface area contributed by atoms with Crippen LogP contribution in [0.5, 0.6) is 0 Å². The maximum absolute atomic E-state index is 6.43. The average molecular weight is 422 g/mol. The Morgan fingerprint density at radius 2 is 1.18 bits per heavy atom. The van der Waals surface area contributed by atoms with Gasteiger partial charge in [-0.2, -0.15) is 0 Å². The second-order valence-electron chi connectivity index (χ2n) is 8.65. The van der Waals surface area contributed by atoms with Crippen molar-refractivity contribution < 1.29 is 4.42 Å². The van der Waals surface area contributed by atoms with E-state index in [9.17, 15) is 0 Å². The van der Waals surface area contributed by atoms with Crippen LogP contribution in [0.25, 0.3) is 71.2 Å². The molecule has 33 heavy (non-hydrogen) atoms. The predicted octanol–water partition coefficient (Wildman–Crippen LogP) is 8.32. The number of aromatic amines is 1. The molecular weight excluding hydrogens is 404 g/mol. The van der Waals surface area contributed by atoms with Gasteiger partial charge in [0.25, 0.3) is 0 Å². The molecule has 3 heterocycles. The minimum absolute atomic E-state index is 0.922. The fourth-order valence-corrected chi connectivity index (χ4v) is 5.60. The molecular formula is C30H18N2O. The summed E-state index contributed by atoms with van der Waals surface area (Å²) >= 11 is 0. The molecule has 0 unspecified atom stereocenters. The summed E-state index contributed by atoms with van der Waals surface area (Å²) in [6.45, 7) is 0. The van der Waals surface area contributed by atoms with Crippen LogP contribution in [0.4, 0.5) is 0 Å². The number of furan rings is 1. The first-order valence-electron chi connectivity index (χ1n) is 11.2. The second-order valence-corrected chi connectivity index (χ2v) is 8.65. The lowest BCUT2D eigenvalue weighted by Gasteiger charge is -2.07. The van der Waals surface area contributed by atoms with Crippen molar-refractivity contribution >= 4 is 65.6 Å². The maximum atomic E-state index is 6.43. The van der Waals surface area contributed by atoms with E-state index < -0.39 is 0 Å². The fraction of sp³-hybridized carbons (Fsp3) is 0. The van der Waals surface area contributed by atoms with E-state index >= 15 is 0 Å². The van der Waals surface area contributed by atoms with Gasteiger partial charge in [0.15, 0.2) is 0 Å². The Hall–Kier alpha value is -4.50. The van der Waals surface area contributed by atoms with Crippen LogP contribution in [-0.4, -0.2) is 9.55 Å². The molecule has 0 amide bonds. The van der Waals surface area contributed by atoms with E-state index in [1.165, 1.54) is 43.4 Å². The van der Waals surface area contributed by atoms with Gasteiger partial charge in [-0.15, -0.1) is 0 Å². The lowest BCUT2D eigenvalue weighted by atomic mass is 10.0. The summed E-state index contributed by atoms with van der Waals surface area (Å²) in [5.74, 6) is 0. The average Bonchev–Trinajstić information content (AvgIpc) is 3.53. The van der Waals surface area contributed by atoms with Gasteiger partial charge in [0.2, 0.25) is 0 Å². The van der Waals surface area contributed by atoms with Crippen molar-refractivity contribution in [2.75, 3.05) is 0 Å². The van der Waals surface area contributed by atoms with Crippen LogP contribution in [0.15, 0.2) is 108 Å². The zero-order chi connectivity index (χ0) is 21.5. The normalized spacial score (nSPS) is 12.2. The molecule has 0 aliphatic rings. The molecule has 8 aromatic rings. The summed E-state index contributed by atoms with van der Waals surface area (Å²) in [6, 6.07) is 36.3. The SMILES string of the molecule is c1ccc(-n2c3ccccc3c3c4c(ccc32)oc2ccc3[nH]c5ccccc5c3c24)cc1. The van der Waals surface area contributed by atoms with Crippen LogP contribution in [0.3, 0.4) is 0 Å². The Bertz CT molecular complexity index is 2020. The smallest absolute Gasteiger partial charge is 0.136 e. The molecule has 3 aromatic heterocycles. The zero-order valence-corrected chi connectivity index (χ0v) is 17.7. The maximum Gasteiger partial charge on any atom is 0.136 e. The minimum atomic E-state index is 0.922. The highest BCUT2D eigenvalue weighted by molar-refractivity contribution is 6.34. The van der Waals surface area contributed by atoms with Gasteiger partial charge in [0, 0.05) is 49.0 Å². The van der Waals surface area contributed by atoms with Gasteiger partial charge in [-0.1, -0.05) is 54.6 Å². The molecule has 5 aromatic carbocycles. The van der Waals surface area contributed by atoms with Crippen LogP contribution in [0, 0.1) is 0 Å². The van der Waals surface area contributed by atoms with Crippen molar-refractivity contribution in [1.82, 2.24) is 9.55 Å². The van der Waals surface area contributed by atoms with Gasteiger partial charge in [-0.3, -0.25) is 0 Å². The Labute approximate surface area is 188 Å². The number of para-hydroxylation sites is 3. The van der Waals surface area contributed by atoms with Crippen LogP contribution < -0.4 is 0 Å². The van der Waals surface area contributed by atoms with Crippen LogP contribution in [-0.2, 0) is 0 Å². The largest absolute Gasteiger partial charge is 0.456 e. The van der Waals surface area contributed by atoms with Crippen molar-refractivity contribution in [2.24, 2.45) is 0 Å². The monoisotopic (exact) mass is 422 g/mol. The van der Waals surface area contributed by atoms with E-state index in [2.05, 4.69) is 113 Å². The topological polar surface area (TPSA) is 33.9 Å². The first-order chi connectivity index (χ1) is 16.4. The van der Waals surface area contributed by atoms with Gasteiger partial charge in [-0.05, 0) is 48.5 Å². The van der Waals surface area contributed by atoms with Gasteiger partial charge < -0.3 is 14.0 Å². The van der Waals surface area contributed by atoms with Crippen molar-refractivity contribution in [3.63, 3.8) is 0 Å². The Balaban J connectivity index is 1.68. The number of nitrogens with zero attached hydrogens (tertiary/aromatic N) is 1. The molecule has 0 spiro atoms.